The van der Waals surface area contributed by atoms with Crippen LogP contribution in [0, 0.1) is 3.95 Å². The van der Waals surface area contributed by atoms with Gasteiger partial charge in [0.15, 0.2) is 9.60 Å². The van der Waals surface area contributed by atoms with Crippen molar-refractivity contribution in [2.24, 2.45) is 0 Å². The Bertz CT molecular complexity index is 1130. The molecular weight excluding hydrogens is 386 g/mol. The van der Waals surface area contributed by atoms with E-state index in [9.17, 15) is 9.59 Å². The highest BCUT2D eigenvalue weighted by atomic mass is 32.1. The molecule has 10 heteroatoms. The minimum absolute atomic E-state index is 0.194. The van der Waals surface area contributed by atoms with Crippen LogP contribution >= 0.6 is 23.6 Å². The highest BCUT2D eigenvalue weighted by Gasteiger charge is 2.20. The summed E-state index contributed by atoms with van der Waals surface area (Å²) in [6.07, 6.45) is 3.03. The first kappa shape index (κ1) is 19.2. The zero-order valence-corrected chi connectivity index (χ0v) is 16.8. The lowest BCUT2D eigenvalue weighted by molar-refractivity contribution is -0.116. The minimum Gasteiger partial charge on any atom is -0.338 e. The predicted octanol–water partition coefficient (Wildman–Crippen LogP) is 3.10. The van der Waals surface area contributed by atoms with E-state index in [-0.39, 0.29) is 23.4 Å². The molecule has 0 aliphatic carbocycles. The first-order chi connectivity index (χ1) is 12.7. The number of allylic oxidation sites excluding steroid dienone is 1. The van der Waals surface area contributed by atoms with Crippen molar-refractivity contribution in [3.63, 3.8) is 0 Å². The van der Waals surface area contributed by atoms with E-state index in [0.717, 1.165) is 5.69 Å². The molecule has 1 amide bonds. The van der Waals surface area contributed by atoms with E-state index < -0.39 is 5.91 Å². The highest BCUT2D eigenvalue weighted by Crippen LogP contribution is 2.23. The van der Waals surface area contributed by atoms with Gasteiger partial charge in [-0.15, -0.1) is 6.58 Å². The Morgan fingerprint density at radius 1 is 1.48 bits per heavy atom. The van der Waals surface area contributed by atoms with Crippen LogP contribution in [0.25, 0.3) is 10.3 Å². The summed E-state index contributed by atoms with van der Waals surface area (Å²) in [6.45, 7) is 9.92. The molecule has 0 aliphatic heterocycles. The monoisotopic (exact) mass is 405 g/mol. The Kier molecular flexibility index (Phi) is 5.11. The van der Waals surface area contributed by atoms with E-state index in [2.05, 4.69) is 22.0 Å². The number of hydrogen-bond donors (Lipinski definition) is 1. The molecule has 8 nitrogen and oxygen atoms in total. The van der Waals surface area contributed by atoms with Crippen molar-refractivity contribution in [2.75, 3.05) is 5.32 Å². The van der Waals surface area contributed by atoms with Gasteiger partial charge < -0.3 is 9.09 Å². The maximum atomic E-state index is 12.7. The van der Waals surface area contributed by atoms with Gasteiger partial charge in [-0.05, 0) is 12.2 Å². The maximum Gasteiger partial charge on any atom is 0.273 e. The molecule has 0 bridgehead atoms. The van der Waals surface area contributed by atoms with Crippen LogP contribution < -0.4 is 10.9 Å². The van der Waals surface area contributed by atoms with Crippen molar-refractivity contribution in [3.8, 4) is 0 Å². The van der Waals surface area contributed by atoms with Crippen molar-refractivity contribution in [1.29, 1.82) is 0 Å². The van der Waals surface area contributed by atoms with E-state index in [1.807, 2.05) is 20.8 Å². The quantitative estimate of drug-likeness (QED) is 0.518. The van der Waals surface area contributed by atoms with E-state index in [4.69, 9.17) is 16.7 Å². The molecule has 0 radical (unpaired) electrons. The smallest absolute Gasteiger partial charge is 0.273 e. The number of carbonyl (C=O) groups is 1. The largest absolute Gasteiger partial charge is 0.338 e. The molecule has 3 rings (SSSR count). The highest BCUT2D eigenvalue weighted by molar-refractivity contribution is 7.73. The number of carbonyl (C=O) groups excluding carboxylic acids is 1. The van der Waals surface area contributed by atoms with Crippen LogP contribution in [0.2, 0.25) is 0 Å². The van der Waals surface area contributed by atoms with Gasteiger partial charge in [-0.25, -0.2) is 4.98 Å². The minimum atomic E-state index is -0.413. The maximum absolute atomic E-state index is 12.7. The first-order valence-electron chi connectivity index (χ1n) is 8.17. The number of anilines is 1. The molecule has 3 aromatic rings. The molecule has 0 aliphatic rings. The fourth-order valence-electron chi connectivity index (χ4n) is 2.39. The van der Waals surface area contributed by atoms with Crippen LogP contribution in [-0.2, 0) is 23.3 Å². The standard InChI is InChI=1S/C17H19N5O3S2/c1-5-6-22-14-13(27-16(22)26)15(24)21(9-18-14)8-11(23)19-12-7-10(20-25-12)17(2,3)4/h5,7,9H,1,6,8H2,2-4H3,(H,19,23). The fraction of sp³-hybridized carbons (Fsp3) is 0.353. The summed E-state index contributed by atoms with van der Waals surface area (Å²) in [6, 6.07) is 1.67. The first-order valence-corrected chi connectivity index (χ1v) is 9.40. The zero-order valence-electron chi connectivity index (χ0n) is 15.2. The summed E-state index contributed by atoms with van der Waals surface area (Å²) < 4.78 is 9.05. The Hall–Kier alpha value is -2.59. The van der Waals surface area contributed by atoms with Crippen molar-refractivity contribution >= 4 is 45.7 Å². The molecule has 27 heavy (non-hydrogen) atoms. The van der Waals surface area contributed by atoms with Crippen LogP contribution in [0.5, 0.6) is 0 Å². The van der Waals surface area contributed by atoms with Crippen LogP contribution in [0.3, 0.4) is 0 Å². The second kappa shape index (κ2) is 7.20. The van der Waals surface area contributed by atoms with E-state index in [0.29, 0.717) is 20.8 Å². The van der Waals surface area contributed by atoms with Gasteiger partial charge in [-0.1, -0.05) is 43.3 Å². The van der Waals surface area contributed by atoms with Gasteiger partial charge in [0, 0.05) is 18.0 Å². The van der Waals surface area contributed by atoms with Gasteiger partial charge in [-0.2, -0.15) is 0 Å². The fourth-order valence-corrected chi connectivity index (χ4v) is 3.71. The van der Waals surface area contributed by atoms with E-state index >= 15 is 0 Å². The Morgan fingerprint density at radius 3 is 2.85 bits per heavy atom. The van der Waals surface area contributed by atoms with Crippen LogP contribution in [0.4, 0.5) is 5.88 Å². The van der Waals surface area contributed by atoms with Gasteiger partial charge in [0.25, 0.3) is 5.56 Å². The average molecular weight is 406 g/mol. The zero-order chi connectivity index (χ0) is 19.8. The van der Waals surface area contributed by atoms with Crippen LogP contribution in [-0.4, -0.2) is 25.2 Å². The van der Waals surface area contributed by atoms with Gasteiger partial charge >= 0.3 is 0 Å². The number of thiazole rings is 1. The third kappa shape index (κ3) is 3.91. The number of nitrogens with zero attached hydrogens (tertiary/aromatic N) is 4. The van der Waals surface area contributed by atoms with Gasteiger partial charge in [0.05, 0.1) is 5.69 Å². The number of aromatic nitrogens is 4. The predicted molar refractivity (Wildman–Crippen MR) is 107 cm³/mol. The van der Waals surface area contributed by atoms with Crippen molar-refractivity contribution < 1.29 is 9.32 Å². The lowest BCUT2D eigenvalue weighted by Gasteiger charge is -2.12. The number of fused-ring (bicyclic) bond motifs is 1. The molecular formula is C17H19N5O3S2. The second-order valence-electron chi connectivity index (χ2n) is 6.97. The SMILES string of the molecule is C=CCn1c(=S)sc2c(=O)n(CC(=O)Nc3cc(C(C)(C)C)no3)cnc21. The lowest BCUT2D eigenvalue weighted by atomic mass is 9.92. The number of rotatable bonds is 5. The summed E-state index contributed by atoms with van der Waals surface area (Å²) in [7, 11) is 0. The van der Waals surface area contributed by atoms with Crippen molar-refractivity contribution in [1.82, 2.24) is 19.3 Å². The van der Waals surface area contributed by atoms with Gasteiger partial charge in [0.2, 0.25) is 11.8 Å². The second-order valence-corrected chi connectivity index (χ2v) is 8.62. The van der Waals surface area contributed by atoms with Crippen molar-refractivity contribution in [3.05, 3.63) is 45.1 Å². The third-order valence-corrected chi connectivity index (χ3v) is 5.24. The topological polar surface area (TPSA) is 95.0 Å². The van der Waals surface area contributed by atoms with E-state index in [1.165, 1.54) is 22.2 Å². The average Bonchev–Trinajstić information content (AvgIpc) is 3.16. The normalized spacial score (nSPS) is 11.7. The molecule has 0 saturated carbocycles. The summed E-state index contributed by atoms with van der Waals surface area (Å²) in [5.74, 6) is -0.177. The Labute approximate surface area is 164 Å². The molecule has 0 saturated heterocycles. The summed E-state index contributed by atoms with van der Waals surface area (Å²) in [4.78, 5) is 29.2. The van der Waals surface area contributed by atoms with Crippen LogP contribution in [0.15, 0.2) is 34.4 Å². The van der Waals surface area contributed by atoms with E-state index in [1.54, 1.807) is 16.7 Å². The summed E-state index contributed by atoms with van der Waals surface area (Å²) >= 11 is 6.45. The summed E-state index contributed by atoms with van der Waals surface area (Å²) in [5, 5.41) is 6.55. The van der Waals surface area contributed by atoms with Gasteiger partial charge in [-0.3, -0.25) is 19.5 Å². The molecule has 1 N–H and O–H groups in total. The Balaban J connectivity index is 1.82. The molecule has 3 heterocycles. The van der Waals surface area contributed by atoms with Gasteiger partial charge in [0.1, 0.15) is 17.6 Å². The third-order valence-electron chi connectivity index (χ3n) is 3.81. The van der Waals surface area contributed by atoms with Crippen LogP contribution in [0.1, 0.15) is 26.5 Å². The molecule has 3 aromatic heterocycles. The summed E-state index contributed by atoms with van der Waals surface area (Å²) in [5.41, 5.74) is 0.709. The molecule has 0 aromatic carbocycles. The molecule has 0 fully saturated rings. The Morgan fingerprint density at radius 2 is 2.22 bits per heavy atom. The molecule has 0 unspecified atom stereocenters. The number of amides is 1. The number of nitrogens with one attached hydrogen (secondary N) is 1. The molecule has 142 valence electrons. The molecule has 0 spiro atoms. The van der Waals surface area contributed by atoms with Crippen molar-refractivity contribution in [2.45, 2.75) is 39.3 Å². The lowest BCUT2D eigenvalue weighted by Crippen LogP contribution is -2.27. The molecule has 0 atom stereocenters. The number of hydrogen-bond acceptors (Lipinski definition) is 7.